The van der Waals surface area contributed by atoms with Crippen molar-refractivity contribution in [3.63, 3.8) is 0 Å². The first kappa shape index (κ1) is 19.5. The highest BCUT2D eigenvalue weighted by molar-refractivity contribution is 5.98. The van der Waals surface area contributed by atoms with Gasteiger partial charge in [-0.1, -0.05) is 30.9 Å². The van der Waals surface area contributed by atoms with E-state index >= 15 is 0 Å². The normalized spacial score (nSPS) is 16.0. The summed E-state index contributed by atoms with van der Waals surface area (Å²) >= 11 is 0. The number of carbonyl (C=O) groups is 2. The van der Waals surface area contributed by atoms with Crippen LogP contribution in [0.2, 0.25) is 0 Å². The zero-order valence-corrected chi connectivity index (χ0v) is 16.0. The summed E-state index contributed by atoms with van der Waals surface area (Å²) in [6.07, 6.45) is 2.04. The molecule has 2 aromatic carbocycles. The van der Waals surface area contributed by atoms with Gasteiger partial charge in [0.05, 0.1) is 19.9 Å². The van der Waals surface area contributed by atoms with Gasteiger partial charge in [0, 0.05) is 18.9 Å². The SMILES string of the molecule is C=CCOc1ccccc1N1CC(c2ccc(C(=O)OC)c(OC)c2)CC1=O. The Kier molecular flexibility index (Phi) is 5.99. The number of nitrogens with zero attached hydrogens (tertiary/aromatic N) is 1. The number of rotatable bonds is 7. The molecule has 0 saturated carbocycles. The van der Waals surface area contributed by atoms with Crippen LogP contribution in [0.25, 0.3) is 0 Å². The maximum absolute atomic E-state index is 12.7. The van der Waals surface area contributed by atoms with E-state index in [0.29, 0.717) is 36.6 Å². The summed E-state index contributed by atoms with van der Waals surface area (Å²) in [4.78, 5) is 26.3. The average Bonchev–Trinajstić information content (AvgIpc) is 3.12. The third kappa shape index (κ3) is 3.86. The highest BCUT2D eigenvalue weighted by Crippen LogP contribution is 2.37. The number of amides is 1. The van der Waals surface area contributed by atoms with Crippen molar-refractivity contribution in [2.24, 2.45) is 0 Å². The van der Waals surface area contributed by atoms with E-state index in [9.17, 15) is 9.59 Å². The first-order valence-electron chi connectivity index (χ1n) is 8.98. The fourth-order valence-electron chi connectivity index (χ4n) is 3.35. The third-order valence-electron chi connectivity index (χ3n) is 4.74. The Morgan fingerprint density at radius 3 is 2.71 bits per heavy atom. The maximum atomic E-state index is 12.7. The topological polar surface area (TPSA) is 65.1 Å². The van der Waals surface area contributed by atoms with Crippen molar-refractivity contribution in [1.82, 2.24) is 0 Å². The number of hydrogen-bond donors (Lipinski definition) is 0. The van der Waals surface area contributed by atoms with Gasteiger partial charge in [-0.15, -0.1) is 0 Å². The number of hydrogen-bond acceptors (Lipinski definition) is 5. The molecule has 1 heterocycles. The molecule has 1 aliphatic rings. The van der Waals surface area contributed by atoms with Crippen LogP contribution in [0.1, 0.15) is 28.3 Å². The van der Waals surface area contributed by atoms with Crippen LogP contribution in [-0.4, -0.2) is 39.2 Å². The molecule has 6 nitrogen and oxygen atoms in total. The summed E-state index contributed by atoms with van der Waals surface area (Å²) in [5.74, 6) is 0.636. The van der Waals surface area contributed by atoms with Crippen LogP contribution in [0.3, 0.4) is 0 Å². The molecule has 28 heavy (non-hydrogen) atoms. The molecule has 2 aromatic rings. The number of carbonyl (C=O) groups excluding carboxylic acids is 2. The minimum Gasteiger partial charge on any atom is -0.496 e. The van der Waals surface area contributed by atoms with Gasteiger partial charge < -0.3 is 19.1 Å². The van der Waals surface area contributed by atoms with Crippen LogP contribution in [0, 0.1) is 0 Å². The van der Waals surface area contributed by atoms with E-state index in [-0.39, 0.29) is 11.8 Å². The molecule has 0 aliphatic carbocycles. The van der Waals surface area contributed by atoms with E-state index in [0.717, 1.165) is 11.3 Å². The number of benzene rings is 2. The lowest BCUT2D eigenvalue weighted by Gasteiger charge is -2.20. The molecule has 0 bridgehead atoms. The number of para-hydroxylation sites is 2. The molecule has 1 atom stereocenters. The van der Waals surface area contributed by atoms with Crippen molar-refractivity contribution in [2.45, 2.75) is 12.3 Å². The number of esters is 1. The molecule has 1 fully saturated rings. The first-order valence-corrected chi connectivity index (χ1v) is 8.98. The Morgan fingerprint density at radius 1 is 1.21 bits per heavy atom. The summed E-state index contributed by atoms with van der Waals surface area (Å²) in [6.45, 7) is 4.55. The fraction of sp³-hybridized carbons (Fsp3) is 0.273. The number of ether oxygens (including phenoxy) is 3. The van der Waals surface area contributed by atoms with Gasteiger partial charge in [0.2, 0.25) is 5.91 Å². The van der Waals surface area contributed by atoms with Gasteiger partial charge >= 0.3 is 5.97 Å². The van der Waals surface area contributed by atoms with Crippen molar-refractivity contribution < 1.29 is 23.8 Å². The Morgan fingerprint density at radius 2 is 2.00 bits per heavy atom. The second-order valence-corrected chi connectivity index (χ2v) is 6.42. The van der Waals surface area contributed by atoms with Crippen LogP contribution in [0.15, 0.2) is 55.1 Å². The van der Waals surface area contributed by atoms with Crippen molar-refractivity contribution in [1.29, 1.82) is 0 Å². The Hall–Kier alpha value is -3.28. The number of anilines is 1. The smallest absolute Gasteiger partial charge is 0.341 e. The fourth-order valence-corrected chi connectivity index (χ4v) is 3.35. The molecule has 1 amide bonds. The molecule has 6 heteroatoms. The van der Waals surface area contributed by atoms with Crippen molar-refractivity contribution in [2.75, 3.05) is 32.3 Å². The Bertz CT molecular complexity index is 892. The van der Waals surface area contributed by atoms with E-state index in [4.69, 9.17) is 14.2 Å². The van der Waals surface area contributed by atoms with Gasteiger partial charge in [0.25, 0.3) is 0 Å². The zero-order chi connectivity index (χ0) is 20.1. The van der Waals surface area contributed by atoms with Gasteiger partial charge in [-0.2, -0.15) is 0 Å². The van der Waals surface area contributed by atoms with Crippen molar-refractivity contribution in [3.05, 3.63) is 66.2 Å². The molecule has 0 spiro atoms. The molecule has 0 radical (unpaired) electrons. The molecule has 1 aliphatic heterocycles. The molecule has 1 unspecified atom stereocenters. The highest BCUT2D eigenvalue weighted by atomic mass is 16.5. The van der Waals surface area contributed by atoms with Crippen LogP contribution in [-0.2, 0) is 9.53 Å². The molecule has 1 saturated heterocycles. The van der Waals surface area contributed by atoms with Gasteiger partial charge in [-0.05, 0) is 29.8 Å². The largest absolute Gasteiger partial charge is 0.496 e. The summed E-state index contributed by atoms with van der Waals surface area (Å²) < 4.78 is 15.8. The van der Waals surface area contributed by atoms with E-state index in [1.54, 1.807) is 23.1 Å². The van der Waals surface area contributed by atoms with E-state index in [2.05, 4.69) is 6.58 Å². The van der Waals surface area contributed by atoms with Crippen LogP contribution < -0.4 is 14.4 Å². The van der Waals surface area contributed by atoms with Crippen LogP contribution in [0.4, 0.5) is 5.69 Å². The average molecular weight is 381 g/mol. The van der Waals surface area contributed by atoms with Crippen molar-refractivity contribution in [3.8, 4) is 11.5 Å². The first-order chi connectivity index (χ1) is 13.6. The van der Waals surface area contributed by atoms with Crippen LogP contribution >= 0.6 is 0 Å². The Balaban J connectivity index is 1.85. The summed E-state index contributed by atoms with van der Waals surface area (Å²) in [7, 11) is 2.83. The second-order valence-electron chi connectivity index (χ2n) is 6.42. The maximum Gasteiger partial charge on any atom is 0.341 e. The molecule has 146 valence electrons. The standard InChI is InChI=1S/C22H23NO5/c1-4-11-28-19-8-6-5-7-18(19)23-14-16(13-21(23)24)15-9-10-17(22(25)27-3)20(12-15)26-2/h4-10,12,16H,1,11,13-14H2,2-3H3. The second kappa shape index (κ2) is 8.61. The predicted molar refractivity (Wildman–Crippen MR) is 106 cm³/mol. The number of methoxy groups -OCH3 is 2. The quantitative estimate of drug-likeness (QED) is 0.542. The van der Waals surface area contributed by atoms with E-state index in [1.165, 1.54) is 14.2 Å². The van der Waals surface area contributed by atoms with E-state index in [1.807, 2.05) is 30.3 Å². The highest BCUT2D eigenvalue weighted by Gasteiger charge is 2.33. The predicted octanol–water partition coefficient (Wildman–Crippen LogP) is 3.57. The lowest BCUT2D eigenvalue weighted by atomic mass is 9.96. The molecule has 0 N–H and O–H groups in total. The summed E-state index contributed by atoms with van der Waals surface area (Å²) in [5, 5.41) is 0. The zero-order valence-electron chi connectivity index (χ0n) is 16.0. The third-order valence-corrected chi connectivity index (χ3v) is 4.74. The van der Waals surface area contributed by atoms with Crippen molar-refractivity contribution >= 4 is 17.6 Å². The minimum atomic E-state index is -0.458. The van der Waals surface area contributed by atoms with Crippen LogP contribution in [0.5, 0.6) is 11.5 Å². The Labute approximate surface area is 164 Å². The molecule has 3 rings (SSSR count). The van der Waals surface area contributed by atoms with Gasteiger partial charge in [-0.3, -0.25) is 4.79 Å². The lowest BCUT2D eigenvalue weighted by molar-refractivity contribution is -0.117. The van der Waals surface area contributed by atoms with Gasteiger partial charge in [-0.25, -0.2) is 4.79 Å². The van der Waals surface area contributed by atoms with Gasteiger partial charge in [0.15, 0.2) is 0 Å². The molecular formula is C22H23NO5. The monoisotopic (exact) mass is 381 g/mol. The van der Waals surface area contributed by atoms with E-state index < -0.39 is 5.97 Å². The summed E-state index contributed by atoms with van der Waals surface area (Å²) in [6, 6.07) is 12.8. The molecule has 0 aromatic heterocycles. The van der Waals surface area contributed by atoms with Gasteiger partial charge in [0.1, 0.15) is 23.7 Å². The minimum absolute atomic E-state index is 0.0134. The lowest BCUT2D eigenvalue weighted by Crippen LogP contribution is -2.25. The molecular weight excluding hydrogens is 358 g/mol. The summed E-state index contributed by atoms with van der Waals surface area (Å²) in [5.41, 5.74) is 2.04.